The minimum atomic E-state index is -3.59. The Balaban J connectivity index is 2.97. The van der Waals surface area contributed by atoms with Gasteiger partial charge < -0.3 is 9.57 Å². The molecule has 0 aromatic heterocycles. The molecule has 0 fully saturated rings. The topological polar surface area (TPSA) is 90.7 Å². The van der Waals surface area contributed by atoms with Crippen LogP contribution in [0.2, 0.25) is 0 Å². The smallest absolute Gasteiger partial charge is 0.244 e. The number of nitrogens with two attached hydrogens (primary N) is 1. The first-order valence-electron chi connectivity index (χ1n) is 5.89. The Morgan fingerprint density at radius 2 is 1.89 bits per heavy atom. The molecule has 0 heterocycles. The maximum Gasteiger partial charge on any atom is 0.244 e. The highest BCUT2D eigenvalue weighted by molar-refractivity contribution is 7.89. The number of methoxy groups -OCH3 is 1. The van der Waals surface area contributed by atoms with Gasteiger partial charge in [0, 0.05) is 6.54 Å². The molecule has 0 aliphatic heterocycles. The van der Waals surface area contributed by atoms with Crippen LogP contribution in [0.1, 0.15) is 17.5 Å². The number of rotatable bonds is 7. The van der Waals surface area contributed by atoms with Crippen LogP contribution < -0.4 is 15.4 Å². The summed E-state index contributed by atoms with van der Waals surface area (Å²) in [5, 5.41) is 0. The van der Waals surface area contributed by atoms with Crippen LogP contribution in [0, 0.1) is 13.8 Å². The molecule has 108 valence electrons. The molecule has 0 saturated heterocycles. The minimum absolute atomic E-state index is 0.145. The SMILES string of the molecule is COc1cc(C)c(C)cc1S(=O)(=O)NCCCON. The Morgan fingerprint density at radius 3 is 2.47 bits per heavy atom. The van der Waals surface area contributed by atoms with E-state index in [0.29, 0.717) is 18.8 Å². The van der Waals surface area contributed by atoms with Crippen molar-refractivity contribution in [3.63, 3.8) is 0 Å². The van der Waals surface area contributed by atoms with E-state index in [0.717, 1.165) is 11.1 Å². The van der Waals surface area contributed by atoms with Gasteiger partial charge in [0.25, 0.3) is 0 Å². The fourth-order valence-electron chi connectivity index (χ4n) is 1.57. The van der Waals surface area contributed by atoms with Gasteiger partial charge in [-0.3, -0.25) is 0 Å². The van der Waals surface area contributed by atoms with E-state index in [1.54, 1.807) is 12.1 Å². The van der Waals surface area contributed by atoms with E-state index in [1.807, 2.05) is 13.8 Å². The zero-order valence-electron chi connectivity index (χ0n) is 11.4. The van der Waals surface area contributed by atoms with Crippen molar-refractivity contribution < 1.29 is 18.0 Å². The van der Waals surface area contributed by atoms with Gasteiger partial charge >= 0.3 is 0 Å². The Labute approximate surface area is 113 Å². The molecule has 0 bridgehead atoms. The normalized spacial score (nSPS) is 11.6. The number of hydrogen-bond acceptors (Lipinski definition) is 5. The van der Waals surface area contributed by atoms with Gasteiger partial charge in [-0.15, -0.1) is 0 Å². The molecule has 0 amide bonds. The van der Waals surface area contributed by atoms with Crippen molar-refractivity contribution in [3.8, 4) is 5.75 Å². The van der Waals surface area contributed by atoms with Crippen molar-refractivity contribution in [3.05, 3.63) is 23.3 Å². The number of sulfonamides is 1. The molecule has 1 rings (SSSR count). The highest BCUT2D eigenvalue weighted by Crippen LogP contribution is 2.27. The molecule has 0 radical (unpaired) electrons. The van der Waals surface area contributed by atoms with E-state index in [-0.39, 0.29) is 11.4 Å². The van der Waals surface area contributed by atoms with Crippen LogP contribution in [-0.4, -0.2) is 28.7 Å². The predicted molar refractivity (Wildman–Crippen MR) is 72.4 cm³/mol. The summed E-state index contributed by atoms with van der Waals surface area (Å²) in [7, 11) is -2.14. The summed E-state index contributed by atoms with van der Waals surface area (Å²) < 4.78 is 32.0. The van der Waals surface area contributed by atoms with E-state index >= 15 is 0 Å². The van der Waals surface area contributed by atoms with E-state index in [4.69, 9.17) is 10.6 Å². The zero-order valence-corrected chi connectivity index (χ0v) is 12.2. The molecular formula is C12H20N2O4S. The standard InChI is InChI=1S/C12H20N2O4S/c1-9-7-11(17-3)12(8-10(9)2)19(15,16)14-5-4-6-18-13/h7-8,14H,4-6,13H2,1-3H3. The maximum absolute atomic E-state index is 12.2. The number of hydrogen-bond donors (Lipinski definition) is 2. The third-order valence-electron chi connectivity index (χ3n) is 2.80. The second-order valence-electron chi connectivity index (χ2n) is 4.21. The predicted octanol–water partition coefficient (Wildman–Crippen LogP) is 0.871. The number of ether oxygens (including phenoxy) is 1. The van der Waals surface area contributed by atoms with Crippen LogP contribution in [0.5, 0.6) is 5.75 Å². The highest BCUT2D eigenvalue weighted by atomic mass is 32.2. The first kappa shape index (κ1) is 15.9. The van der Waals surface area contributed by atoms with Crippen LogP contribution in [0.25, 0.3) is 0 Å². The number of benzene rings is 1. The van der Waals surface area contributed by atoms with Gasteiger partial charge in [-0.05, 0) is 43.5 Å². The minimum Gasteiger partial charge on any atom is -0.495 e. The summed E-state index contributed by atoms with van der Waals surface area (Å²) in [5.74, 6) is 5.21. The monoisotopic (exact) mass is 288 g/mol. The van der Waals surface area contributed by atoms with Gasteiger partial charge in [-0.2, -0.15) is 0 Å². The van der Waals surface area contributed by atoms with Crippen molar-refractivity contribution in [2.75, 3.05) is 20.3 Å². The second-order valence-corrected chi connectivity index (χ2v) is 5.94. The molecule has 0 aliphatic carbocycles. The van der Waals surface area contributed by atoms with Gasteiger partial charge in [0.05, 0.1) is 13.7 Å². The molecule has 7 heteroatoms. The van der Waals surface area contributed by atoms with Gasteiger partial charge in [-0.1, -0.05) is 0 Å². The molecule has 1 aromatic carbocycles. The van der Waals surface area contributed by atoms with Crippen molar-refractivity contribution >= 4 is 10.0 Å². The molecule has 0 spiro atoms. The van der Waals surface area contributed by atoms with Crippen LogP contribution >= 0.6 is 0 Å². The van der Waals surface area contributed by atoms with Crippen LogP contribution in [0.15, 0.2) is 17.0 Å². The van der Waals surface area contributed by atoms with Crippen molar-refractivity contribution in [2.24, 2.45) is 5.90 Å². The van der Waals surface area contributed by atoms with E-state index in [9.17, 15) is 8.42 Å². The Morgan fingerprint density at radius 1 is 1.26 bits per heavy atom. The molecule has 1 aromatic rings. The molecule has 0 unspecified atom stereocenters. The lowest BCUT2D eigenvalue weighted by molar-refractivity contribution is 0.136. The lowest BCUT2D eigenvalue weighted by atomic mass is 10.1. The number of aryl methyl sites for hydroxylation is 2. The van der Waals surface area contributed by atoms with Crippen molar-refractivity contribution in [1.29, 1.82) is 0 Å². The molecule has 6 nitrogen and oxygen atoms in total. The van der Waals surface area contributed by atoms with Gasteiger partial charge in [0.15, 0.2) is 0 Å². The second kappa shape index (κ2) is 6.85. The Kier molecular flexibility index (Phi) is 5.74. The molecule has 0 atom stereocenters. The maximum atomic E-state index is 12.2. The van der Waals surface area contributed by atoms with Gasteiger partial charge in [0.1, 0.15) is 10.6 Å². The Bertz CT molecular complexity index is 529. The highest BCUT2D eigenvalue weighted by Gasteiger charge is 2.19. The molecule has 0 saturated carbocycles. The van der Waals surface area contributed by atoms with Crippen molar-refractivity contribution in [2.45, 2.75) is 25.2 Å². The average Bonchev–Trinajstić information content (AvgIpc) is 2.37. The lowest BCUT2D eigenvalue weighted by Gasteiger charge is -2.13. The van der Waals surface area contributed by atoms with E-state index < -0.39 is 10.0 Å². The zero-order chi connectivity index (χ0) is 14.5. The van der Waals surface area contributed by atoms with Crippen molar-refractivity contribution in [1.82, 2.24) is 4.72 Å². The largest absolute Gasteiger partial charge is 0.495 e. The molecule has 0 aliphatic rings. The summed E-state index contributed by atoms with van der Waals surface area (Å²) >= 11 is 0. The van der Waals surface area contributed by atoms with Gasteiger partial charge in [-0.25, -0.2) is 19.0 Å². The van der Waals surface area contributed by atoms with E-state index in [1.165, 1.54) is 7.11 Å². The summed E-state index contributed by atoms with van der Waals surface area (Å²) in [6, 6.07) is 3.32. The quantitative estimate of drug-likeness (QED) is 0.574. The molecular weight excluding hydrogens is 268 g/mol. The summed E-state index contributed by atoms with van der Waals surface area (Å²) in [4.78, 5) is 4.53. The van der Waals surface area contributed by atoms with E-state index in [2.05, 4.69) is 9.56 Å². The summed E-state index contributed by atoms with van der Waals surface area (Å²) in [5.41, 5.74) is 1.87. The van der Waals surface area contributed by atoms with Gasteiger partial charge in [0.2, 0.25) is 10.0 Å². The lowest BCUT2D eigenvalue weighted by Crippen LogP contribution is -2.26. The molecule has 19 heavy (non-hydrogen) atoms. The summed E-state index contributed by atoms with van der Waals surface area (Å²) in [6.07, 6.45) is 0.503. The third kappa shape index (κ3) is 4.17. The van der Waals surface area contributed by atoms with Crippen LogP contribution in [-0.2, 0) is 14.9 Å². The summed E-state index contributed by atoms with van der Waals surface area (Å²) in [6.45, 7) is 4.32. The molecule has 3 N–H and O–H groups in total. The number of nitrogens with one attached hydrogen (secondary N) is 1. The fourth-order valence-corrected chi connectivity index (χ4v) is 2.88. The average molecular weight is 288 g/mol. The Hall–Kier alpha value is -1.15. The first-order valence-corrected chi connectivity index (χ1v) is 7.37. The van der Waals surface area contributed by atoms with Crippen LogP contribution in [0.3, 0.4) is 0 Å². The first-order chi connectivity index (χ1) is 8.92. The fraction of sp³-hybridized carbons (Fsp3) is 0.500. The third-order valence-corrected chi connectivity index (χ3v) is 4.28. The van der Waals surface area contributed by atoms with Crippen LogP contribution in [0.4, 0.5) is 0 Å².